The van der Waals surface area contributed by atoms with Crippen molar-refractivity contribution in [1.82, 2.24) is 10.2 Å². The quantitative estimate of drug-likeness (QED) is 0.655. The molecule has 6 heteroatoms. The van der Waals surface area contributed by atoms with Crippen LogP contribution in [0.5, 0.6) is 5.75 Å². The zero-order valence-electron chi connectivity index (χ0n) is 19.9. The smallest absolute Gasteiger partial charge is 0.252 e. The Morgan fingerprint density at radius 2 is 1.94 bits per heavy atom. The molecule has 8 rings (SSSR count). The Hall–Kier alpha value is -2.41. The minimum absolute atomic E-state index is 0.0750. The molecule has 6 nitrogen and oxygen atoms in total. The summed E-state index contributed by atoms with van der Waals surface area (Å²) >= 11 is 0. The Bertz CT molecular complexity index is 1210. The lowest BCUT2D eigenvalue weighted by Crippen LogP contribution is -2.78. The van der Waals surface area contributed by atoms with Crippen molar-refractivity contribution in [2.45, 2.75) is 79.9 Å². The van der Waals surface area contributed by atoms with Gasteiger partial charge in [0.25, 0.3) is 5.91 Å². The van der Waals surface area contributed by atoms with Crippen LogP contribution in [0, 0.1) is 5.92 Å². The number of carbonyl (C=O) groups is 1. The number of aliphatic hydroxyl groups is 1. The number of nitrogens with zero attached hydrogens (tertiary/aromatic N) is 1. The monoisotopic (exact) mass is 472 g/mol. The Balaban J connectivity index is 1.14. The summed E-state index contributed by atoms with van der Waals surface area (Å²) in [6.45, 7) is 2.55. The molecular formula is C29H32N2O4. The van der Waals surface area contributed by atoms with Gasteiger partial charge in [0, 0.05) is 24.7 Å². The van der Waals surface area contributed by atoms with Gasteiger partial charge in [-0.2, -0.15) is 0 Å². The molecule has 2 aromatic carbocycles. The first-order chi connectivity index (χ1) is 17.1. The van der Waals surface area contributed by atoms with Crippen LogP contribution in [0.3, 0.4) is 0 Å². The van der Waals surface area contributed by atoms with Gasteiger partial charge in [-0.1, -0.05) is 42.5 Å². The number of epoxide rings is 1. The van der Waals surface area contributed by atoms with E-state index < -0.39 is 22.7 Å². The number of benzene rings is 2. The Morgan fingerprint density at radius 3 is 2.77 bits per heavy atom. The van der Waals surface area contributed by atoms with Gasteiger partial charge >= 0.3 is 0 Å². The van der Waals surface area contributed by atoms with E-state index >= 15 is 0 Å². The van der Waals surface area contributed by atoms with Gasteiger partial charge in [0.15, 0.2) is 6.10 Å². The minimum Gasteiger partial charge on any atom is -0.486 e. The number of carbonyl (C=O) groups excluding carboxylic acids is 1. The fourth-order valence-electron chi connectivity index (χ4n) is 8.21. The van der Waals surface area contributed by atoms with Crippen molar-refractivity contribution in [3.63, 3.8) is 0 Å². The maximum absolute atomic E-state index is 13.2. The number of rotatable bonds is 5. The predicted octanol–water partition coefficient (Wildman–Crippen LogP) is 2.70. The topological polar surface area (TPSA) is 74.3 Å². The molecule has 1 amide bonds. The molecule has 4 fully saturated rings. The summed E-state index contributed by atoms with van der Waals surface area (Å²) in [6, 6.07) is 16.4. The maximum Gasteiger partial charge on any atom is 0.252 e. The number of hydrogen-bond acceptors (Lipinski definition) is 5. The van der Waals surface area contributed by atoms with Gasteiger partial charge in [-0.05, 0) is 68.2 Å². The molecule has 0 radical (unpaired) electrons. The fraction of sp³-hybridized carbons (Fsp3) is 0.552. The zero-order chi connectivity index (χ0) is 23.4. The number of ether oxygens (including phenoxy) is 2. The molecule has 6 atom stereocenters. The van der Waals surface area contributed by atoms with Crippen molar-refractivity contribution < 1.29 is 19.4 Å². The number of nitrogens with one attached hydrogen (secondary N) is 1. The summed E-state index contributed by atoms with van der Waals surface area (Å²) in [4.78, 5) is 15.8. The molecule has 2 spiro atoms. The van der Waals surface area contributed by atoms with Crippen LogP contribution < -0.4 is 10.1 Å². The lowest BCUT2D eigenvalue weighted by molar-refractivity contribution is -0.201. The van der Waals surface area contributed by atoms with Gasteiger partial charge in [0.05, 0.1) is 11.0 Å². The first kappa shape index (κ1) is 20.7. The van der Waals surface area contributed by atoms with Crippen LogP contribution in [0.4, 0.5) is 0 Å². The number of amides is 1. The highest BCUT2D eigenvalue weighted by Gasteiger charge is 2.82. The van der Waals surface area contributed by atoms with Gasteiger partial charge in [0.1, 0.15) is 17.5 Å². The molecular weight excluding hydrogens is 440 g/mol. The summed E-state index contributed by atoms with van der Waals surface area (Å²) in [5, 5.41) is 15.7. The standard InChI is InChI=1S/C29H32N2O4/c32-25(30-16-18-5-2-1-3-6-18)24-28(35-24)11-12-29(33)22-15-20-7-4-8-21-23(20)27(29,26(28)34-21)13-14-31(22)17-19-9-10-19/h1-8,19,22,24,26,33H,9-17H2,(H,30,32)/t22?,24-,26?,27?,28?,29?/m0/s1. The third-order valence-corrected chi connectivity index (χ3v) is 10.0. The summed E-state index contributed by atoms with van der Waals surface area (Å²) in [7, 11) is 0. The number of fused-ring (bicyclic) bond motifs is 1. The van der Waals surface area contributed by atoms with Crippen molar-refractivity contribution in [3.05, 3.63) is 65.2 Å². The number of hydrogen-bond donors (Lipinski definition) is 2. The van der Waals surface area contributed by atoms with E-state index in [1.165, 1.54) is 24.0 Å². The number of likely N-dealkylation sites (tertiary alicyclic amines) is 1. The lowest BCUT2D eigenvalue weighted by atomic mass is 9.47. The average Bonchev–Trinajstić information content (AvgIpc) is 3.78. The van der Waals surface area contributed by atoms with Crippen molar-refractivity contribution in [2.24, 2.45) is 5.92 Å². The molecule has 3 aliphatic heterocycles. The van der Waals surface area contributed by atoms with Crippen molar-refractivity contribution in [3.8, 4) is 5.75 Å². The molecule has 0 aromatic heterocycles. The Kier molecular flexibility index (Phi) is 4.07. The fourth-order valence-corrected chi connectivity index (χ4v) is 8.21. The molecule has 6 aliphatic rings. The van der Waals surface area contributed by atoms with Crippen LogP contribution in [-0.2, 0) is 27.9 Å². The highest BCUT2D eigenvalue weighted by molar-refractivity contribution is 5.85. The van der Waals surface area contributed by atoms with Crippen molar-refractivity contribution >= 4 is 5.91 Å². The molecule has 3 aliphatic carbocycles. The summed E-state index contributed by atoms with van der Waals surface area (Å²) in [5.41, 5.74) is 1.56. The first-order valence-electron chi connectivity index (χ1n) is 13.3. The van der Waals surface area contributed by atoms with Gasteiger partial charge in [-0.3, -0.25) is 9.69 Å². The van der Waals surface area contributed by atoms with E-state index in [-0.39, 0.29) is 18.1 Å². The van der Waals surface area contributed by atoms with Gasteiger partial charge in [-0.25, -0.2) is 0 Å². The second kappa shape index (κ2) is 6.87. The molecule has 35 heavy (non-hydrogen) atoms. The Morgan fingerprint density at radius 1 is 1.09 bits per heavy atom. The molecule has 3 heterocycles. The van der Waals surface area contributed by atoms with E-state index in [1.807, 2.05) is 36.4 Å². The van der Waals surface area contributed by atoms with Gasteiger partial charge in [-0.15, -0.1) is 0 Å². The third-order valence-electron chi connectivity index (χ3n) is 10.0. The molecule has 2 bridgehead atoms. The summed E-state index contributed by atoms with van der Waals surface area (Å²) < 4.78 is 13.0. The lowest BCUT2D eigenvalue weighted by Gasteiger charge is -2.64. The second-order valence-electron chi connectivity index (χ2n) is 11.7. The summed E-state index contributed by atoms with van der Waals surface area (Å²) in [6.07, 6.45) is 4.79. The van der Waals surface area contributed by atoms with E-state index in [9.17, 15) is 9.90 Å². The molecule has 2 saturated carbocycles. The van der Waals surface area contributed by atoms with Crippen LogP contribution in [0.25, 0.3) is 0 Å². The molecule has 2 aromatic rings. The van der Waals surface area contributed by atoms with E-state index in [1.54, 1.807) is 0 Å². The normalized spacial score (nSPS) is 40.2. The van der Waals surface area contributed by atoms with Crippen molar-refractivity contribution in [1.29, 1.82) is 0 Å². The second-order valence-corrected chi connectivity index (χ2v) is 11.7. The van der Waals surface area contributed by atoms with E-state index in [2.05, 4.69) is 22.3 Å². The van der Waals surface area contributed by atoms with E-state index in [4.69, 9.17) is 9.47 Å². The third kappa shape index (κ3) is 2.63. The van der Waals surface area contributed by atoms with Crippen LogP contribution in [0.15, 0.2) is 48.5 Å². The van der Waals surface area contributed by atoms with Gasteiger partial charge < -0.3 is 19.9 Å². The number of piperidine rings is 1. The van der Waals surface area contributed by atoms with Crippen LogP contribution in [-0.4, -0.2) is 58.5 Å². The average molecular weight is 473 g/mol. The molecule has 182 valence electrons. The summed E-state index contributed by atoms with van der Waals surface area (Å²) in [5.74, 6) is 1.60. The highest BCUT2D eigenvalue weighted by Crippen LogP contribution is 2.69. The molecule has 2 N–H and O–H groups in total. The van der Waals surface area contributed by atoms with E-state index in [0.29, 0.717) is 19.4 Å². The van der Waals surface area contributed by atoms with Crippen LogP contribution >= 0.6 is 0 Å². The van der Waals surface area contributed by atoms with Gasteiger partial charge in [0.2, 0.25) is 0 Å². The first-order valence-corrected chi connectivity index (χ1v) is 13.3. The minimum atomic E-state index is -0.854. The van der Waals surface area contributed by atoms with Crippen LogP contribution in [0.1, 0.15) is 48.8 Å². The highest BCUT2D eigenvalue weighted by atomic mass is 16.6. The maximum atomic E-state index is 13.2. The molecule has 2 saturated heterocycles. The largest absolute Gasteiger partial charge is 0.486 e. The SMILES string of the molecule is O=C(NCc1ccccc1)[C@@H]1OC12CCC1(O)C3Cc4cccc5c4C1(CCN3CC1CC1)C2O5. The molecule has 5 unspecified atom stereocenters. The van der Waals surface area contributed by atoms with Crippen LogP contribution in [0.2, 0.25) is 0 Å². The Labute approximate surface area is 205 Å². The predicted molar refractivity (Wildman–Crippen MR) is 129 cm³/mol. The van der Waals surface area contributed by atoms with E-state index in [0.717, 1.165) is 43.2 Å². The van der Waals surface area contributed by atoms with Crippen molar-refractivity contribution in [2.75, 3.05) is 13.1 Å². The zero-order valence-corrected chi connectivity index (χ0v) is 19.9.